The Balaban J connectivity index is 1.88. The summed E-state index contributed by atoms with van der Waals surface area (Å²) < 4.78 is 0. The summed E-state index contributed by atoms with van der Waals surface area (Å²) in [5, 5.41) is 0. The van der Waals surface area contributed by atoms with E-state index < -0.39 is 5.41 Å². The number of rotatable bonds is 3. The normalized spacial score (nSPS) is 22.8. The van der Waals surface area contributed by atoms with E-state index >= 15 is 0 Å². The molecule has 110 valence electrons. The van der Waals surface area contributed by atoms with Gasteiger partial charge in [0.2, 0.25) is 11.8 Å². The van der Waals surface area contributed by atoms with Crippen LogP contribution in [0.2, 0.25) is 0 Å². The molecule has 2 heterocycles. The Kier molecular flexibility index (Phi) is 3.08. The molecule has 5 nitrogen and oxygen atoms in total. The molecule has 1 aromatic carbocycles. The van der Waals surface area contributed by atoms with E-state index in [1.807, 2.05) is 45.0 Å². The monoisotopic (exact) mass is 285 g/mol. The molecule has 0 bridgehead atoms. The van der Waals surface area contributed by atoms with Crippen LogP contribution in [0.3, 0.4) is 0 Å². The second-order valence-electron chi connectivity index (χ2n) is 6.23. The summed E-state index contributed by atoms with van der Waals surface area (Å²) >= 11 is 0. The van der Waals surface area contributed by atoms with Crippen molar-refractivity contribution in [2.45, 2.75) is 33.7 Å². The third-order valence-electron chi connectivity index (χ3n) is 4.57. The maximum Gasteiger partial charge on any atom is 0.236 e. The predicted octanol–water partition coefficient (Wildman–Crippen LogP) is 2.48. The first-order chi connectivity index (χ1) is 9.91. The summed E-state index contributed by atoms with van der Waals surface area (Å²) in [4.78, 5) is 33.7. The fourth-order valence-electron chi connectivity index (χ4n) is 2.75. The largest absolute Gasteiger partial charge is 0.340 e. The molecule has 0 spiro atoms. The molecular weight excluding hydrogens is 266 g/mol. The van der Waals surface area contributed by atoms with Crippen molar-refractivity contribution in [1.82, 2.24) is 14.9 Å². The number of fused-ring (bicyclic) bond motifs is 1. The highest BCUT2D eigenvalue weighted by Gasteiger charge is 2.50. The SMILES string of the molecule is CC(C)C1(C)CC(=O)N(Cc2nc3ccccc3[nH]2)C1=O. The number of hydrogen-bond acceptors (Lipinski definition) is 3. The van der Waals surface area contributed by atoms with E-state index in [-0.39, 0.29) is 30.7 Å². The van der Waals surface area contributed by atoms with Crippen LogP contribution in [0.4, 0.5) is 0 Å². The lowest BCUT2D eigenvalue weighted by Gasteiger charge is -2.25. The number of nitrogens with one attached hydrogen (secondary N) is 1. The van der Waals surface area contributed by atoms with Crippen LogP contribution < -0.4 is 0 Å². The number of amides is 2. The van der Waals surface area contributed by atoms with E-state index in [0.717, 1.165) is 11.0 Å². The van der Waals surface area contributed by atoms with Gasteiger partial charge in [-0.1, -0.05) is 26.0 Å². The molecule has 1 fully saturated rings. The zero-order valence-corrected chi connectivity index (χ0v) is 12.5. The van der Waals surface area contributed by atoms with Gasteiger partial charge in [0.1, 0.15) is 5.82 Å². The first-order valence-electron chi connectivity index (χ1n) is 7.20. The number of aromatic amines is 1. The van der Waals surface area contributed by atoms with E-state index in [2.05, 4.69) is 9.97 Å². The van der Waals surface area contributed by atoms with Gasteiger partial charge in [-0.15, -0.1) is 0 Å². The van der Waals surface area contributed by atoms with Crippen molar-refractivity contribution in [3.05, 3.63) is 30.1 Å². The number of carbonyl (C=O) groups is 2. The van der Waals surface area contributed by atoms with Gasteiger partial charge in [0, 0.05) is 6.42 Å². The van der Waals surface area contributed by atoms with E-state index in [4.69, 9.17) is 0 Å². The number of imide groups is 1. The summed E-state index contributed by atoms with van der Waals surface area (Å²) in [6.45, 7) is 6.05. The van der Waals surface area contributed by atoms with Gasteiger partial charge >= 0.3 is 0 Å². The van der Waals surface area contributed by atoms with E-state index in [1.54, 1.807) is 0 Å². The highest BCUT2D eigenvalue weighted by molar-refractivity contribution is 6.05. The minimum atomic E-state index is -0.594. The smallest absolute Gasteiger partial charge is 0.236 e. The van der Waals surface area contributed by atoms with Crippen molar-refractivity contribution < 1.29 is 9.59 Å². The van der Waals surface area contributed by atoms with Crippen molar-refractivity contribution in [3.8, 4) is 0 Å². The minimum Gasteiger partial charge on any atom is -0.340 e. The molecule has 1 aliphatic heterocycles. The molecule has 0 saturated carbocycles. The number of benzene rings is 1. The molecule has 21 heavy (non-hydrogen) atoms. The molecule has 1 N–H and O–H groups in total. The van der Waals surface area contributed by atoms with Crippen LogP contribution in [0, 0.1) is 11.3 Å². The second-order valence-corrected chi connectivity index (χ2v) is 6.23. The minimum absolute atomic E-state index is 0.0945. The Morgan fingerprint density at radius 3 is 2.67 bits per heavy atom. The Hall–Kier alpha value is -2.17. The Morgan fingerprint density at radius 2 is 2.05 bits per heavy atom. The molecule has 1 aromatic heterocycles. The lowest BCUT2D eigenvalue weighted by molar-refractivity contribution is -0.142. The van der Waals surface area contributed by atoms with E-state index in [9.17, 15) is 9.59 Å². The number of hydrogen-bond donors (Lipinski definition) is 1. The highest BCUT2D eigenvalue weighted by atomic mass is 16.2. The van der Waals surface area contributed by atoms with Crippen LogP contribution >= 0.6 is 0 Å². The standard InChI is InChI=1S/C16H19N3O2/c1-10(2)16(3)8-14(20)19(15(16)21)9-13-17-11-6-4-5-7-12(11)18-13/h4-7,10H,8-9H2,1-3H3,(H,17,18). The molecule has 1 atom stereocenters. The van der Waals surface area contributed by atoms with Crippen LogP contribution in [-0.4, -0.2) is 26.7 Å². The van der Waals surface area contributed by atoms with Crippen molar-refractivity contribution in [3.63, 3.8) is 0 Å². The van der Waals surface area contributed by atoms with Crippen LogP contribution in [0.15, 0.2) is 24.3 Å². The molecule has 1 saturated heterocycles. The molecule has 1 unspecified atom stereocenters. The van der Waals surface area contributed by atoms with Gasteiger partial charge in [-0.25, -0.2) is 4.98 Å². The summed E-state index contributed by atoms with van der Waals surface area (Å²) in [6, 6.07) is 7.67. The van der Waals surface area contributed by atoms with Crippen LogP contribution in [0.25, 0.3) is 11.0 Å². The van der Waals surface area contributed by atoms with Crippen LogP contribution in [0.5, 0.6) is 0 Å². The predicted molar refractivity (Wildman–Crippen MR) is 79.2 cm³/mol. The Morgan fingerprint density at radius 1 is 1.33 bits per heavy atom. The number of aromatic nitrogens is 2. The van der Waals surface area contributed by atoms with Gasteiger partial charge < -0.3 is 4.98 Å². The van der Waals surface area contributed by atoms with Gasteiger partial charge in [0.05, 0.1) is 23.0 Å². The first kappa shape index (κ1) is 13.8. The highest BCUT2D eigenvalue weighted by Crippen LogP contribution is 2.39. The fraction of sp³-hybridized carbons (Fsp3) is 0.438. The molecule has 1 aliphatic rings. The maximum atomic E-state index is 12.6. The third kappa shape index (κ3) is 2.13. The maximum absolute atomic E-state index is 12.6. The molecule has 0 aliphatic carbocycles. The Bertz CT molecular complexity index is 686. The number of H-pyrrole nitrogens is 1. The summed E-state index contributed by atoms with van der Waals surface area (Å²) in [5.74, 6) is 0.570. The molecule has 0 radical (unpaired) electrons. The van der Waals surface area contributed by atoms with E-state index in [0.29, 0.717) is 5.82 Å². The second kappa shape index (κ2) is 4.69. The zero-order valence-electron chi connectivity index (χ0n) is 12.5. The van der Waals surface area contributed by atoms with Gasteiger partial charge in [0.25, 0.3) is 0 Å². The summed E-state index contributed by atoms with van der Waals surface area (Å²) in [5.41, 5.74) is 1.17. The van der Waals surface area contributed by atoms with Gasteiger partial charge in [-0.05, 0) is 25.0 Å². The zero-order chi connectivity index (χ0) is 15.2. The lowest BCUT2D eigenvalue weighted by atomic mass is 9.78. The number of para-hydroxylation sites is 2. The topological polar surface area (TPSA) is 66.1 Å². The average Bonchev–Trinajstić information content (AvgIpc) is 2.94. The van der Waals surface area contributed by atoms with Gasteiger partial charge in [-0.2, -0.15) is 0 Å². The summed E-state index contributed by atoms with van der Waals surface area (Å²) in [7, 11) is 0. The third-order valence-corrected chi connectivity index (χ3v) is 4.57. The quantitative estimate of drug-likeness (QED) is 0.881. The van der Waals surface area contributed by atoms with Crippen LogP contribution in [0.1, 0.15) is 33.0 Å². The van der Waals surface area contributed by atoms with Crippen molar-refractivity contribution in [1.29, 1.82) is 0 Å². The molecule has 2 amide bonds. The van der Waals surface area contributed by atoms with Crippen molar-refractivity contribution >= 4 is 22.8 Å². The molecule has 3 rings (SSSR count). The number of nitrogens with zero attached hydrogens (tertiary/aromatic N) is 2. The van der Waals surface area contributed by atoms with Crippen LogP contribution in [-0.2, 0) is 16.1 Å². The van der Waals surface area contributed by atoms with Gasteiger partial charge in [-0.3, -0.25) is 14.5 Å². The average molecular weight is 285 g/mol. The first-order valence-corrected chi connectivity index (χ1v) is 7.20. The molecule has 5 heteroatoms. The Labute approximate surface area is 123 Å². The molecular formula is C16H19N3O2. The van der Waals surface area contributed by atoms with Crippen molar-refractivity contribution in [2.24, 2.45) is 11.3 Å². The van der Waals surface area contributed by atoms with Crippen molar-refractivity contribution in [2.75, 3.05) is 0 Å². The number of imidazole rings is 1. The number of likely N-dealkylation sites (tertiary alicyclic amines) is 1. The van der Waals surface area contributed by atoms with Gasteiger partial charge in [0.15, 0.2) is 0 Å². The number of carbonyl (C=O) groups excluding carboxylic acids is 2. The molecule has 2 aromatic rings. The summed E-state index contributed by atoms with van der Waals surface area (Å²) in [6.07, 6.45) is 0.281. The van der Waals surface area contributed by atoms with E-state index in [1.165, 1.54) is 4.90 Å². The fourth-order valence-corrected chi connectivity index (χ4v) is 2.75. The lowest BCUT2D eigenvalue weighted by Crippen LogP contribution is -2.36.